The summed E-state index contributed by atoms with van der Waals surface area (Å²) in [7, 11) is 0. The number of benzene rings is 1. The summed E-state index contributed by atoms with van der Waals surface area (Å²) in [6, 6.07) is 9.53. The van der Waals surface area contributed by atoms with Crippen molar-refractivity contribution in [2.45, 2.75) is 12.0 Å². The molecule has 0 amide bonds. The lowest BCUT2D eigenvalue weighted by atomic mass is 9.91. The Labute approximate surface area is 134 Å². The van der Waals surface area contributed by atoms with Crippen LogP contribution < -0.4 is 0 Å². The van der Waals surface area contributed by atoms with E-state index >= 15 is 0 Å². The molecule has 0 spiro atoms. The number of aliphatic hydroxyl groups excluding tert-OH is 1. The number of rotatable bonds is 4. The van der Waals surface area contributed by atoms with Crippen LogP contribution in [0, 0.1) is 0 Å². The third kappa shape index (κ3) is 3.38. The molecule has 1 N–H and O–H groups in total. The Morgan fingerprint density at radius 1 is 1.24 bits per heavy atom. The van der Waals surface area contributed by atoms with Crippen molar-refractivity contribution in [1.29, 1.82) is 0 Å². The summed E-state index contributed by atoms with van der Waals surface area (Å²) in [6.07, 6.45) is 2.93. The van der Waals surface area contributed by atoms with E-state index in [1.165, 1.54) is 5.56 Å². The predicted molar refractivity (Wildman–Crippen MR) is 84.8 cm³/mol. The zero-order valence-electron chi connectivity index (χ0n) is 11.4. The first-order chi connectivity index (χ1) is 10.1. The Morgan fingerprint density at radius 2 is 2.05 bits per heavy atom. The van der Waals surface area contributed by atoms with Crippen molar-refractivity contribution in [2.75, 3.05) is 19.6 Å². The van der Waals surface area contributed by atoms with E-state index in [9.17, 15) is 5.11 Å². The molecule has 0 radical (unpaired) electrons. The quantitative estimate of drug-likeness (QED) is 0.935. The molecule has 2 aromatic rings. The summed E-state index contributed by atoms with van der Waals surface area (Å²) >= 11 is 12.0. The number of hydrogen-bond donors (Lipinski definition) is 1. The number of β-amino-alcohol motifs (C(OH)–C–C–N with tert-alkyl or cyclic N) is 1. The molecule has 1 aromatic heterocycles. The molecule has 1 aliphatic rings. The fourth-order valence-electron chi connectivity index (χ4n) is 2.62. The van der Waals surface area contributed by atoms with E-state index in [1.54, 1.807) is 12.4 Å². The van der Waals surface area contributed by atoms with Gasteiger partial charge in [-0.15, -0.1) is 0 Å². The molecule has 110 valence electrons. The zero-order chi connectivity index (χ0) is 14.8. The number of nitrogens with zero attached hydrogens (tertiary/aromatic N) is 2. The first-order valence-corrected chi connectivity index (χ1v) is 7.64. The zero-order valence-corrected chi connectivity index (χ0v) is 12.9. The monoisotopic (exact) mass is 322 g/mol. The largest absolute Gasteiger partial charge is 0.387 e. The summed E-state index contributed by atoms with van der Waals surface area (Å²) < 4.78 is 0. The molecule has 0 aliphatic carbocycles. The number of aliphatic hydroxyl groups is 1. The fourth-order valence-corrected chi connectivity index (χ4v) is 2.93. The van der Waals surface area contributed by atoms with Gasteiger partial charge in [-0.25, -0.2) is 0 Å². The standard InChI is InChI=1S/C16H16Cl2N2O/c17-14-4-3-11(6-15(14)18)13-8-20(9-13)10-16(21)12-2-1-5-19-7-12/h1-7,13,16,21H,8-10H2/t16-/m0/s1. The molecule has 5 heteroatoms. The average Bonchev–Trinajstić information content (AvgIpc) is 2.46. The molecule has 1 aliphatic heterocycles. The maximum absolute atomic E-state index is 10.2. The van der Waals surface area contributed by atoms with Gasteiger partial charge in [0.2, 0.25) is 0 Å². The first-order valence-electron chi connectivity index (χ1n) is 6.89. The van der Waals surface area contributed by atoms with E-state index in [4.69, 9.17) is 23.2 Å². The van der Waals surface area contributed by atoms with Crippen molar-refractivity contribution in [3.63, 3.8) is 0 Å². The minimum Gasteiger partial charge on any atom is -0.387 e. The van der Waals surface area contributed by atoms with Gasteiger partial charge in [0.15, 0.2) is 0 Å². The van der Waals surface area contributed by atoms with Gasteiger partial charge < -0.3 is 5.11 Å². The molecule has 1 saturated heterocycles. The van der Waals surface area contributed by atoms with E-state index in [1.807, 2.05) is 30.3 Å². The van der Waals surface area contributed by atoms with Crippen LogP contribution in [0.5, 0.6) is 0 Å². The second-order valence-corrected chi connectivity index (χ2v) is 6.21. The van der Waals surface area contributed by atoms with Gasteiger partial charge in [0.25, 0.3) is 0 Å². The molecule has 1 aromatic carbocycles. The van der Waals surface area contributed by atoms with Crippen molar-refractivity contribution in [3.05, 3.63) is 63.9 Å². The van der Waals surface area contributed by atoms with Crippen molar-refractivity contribution >= 4 is 23.2 Å². The fraction of sp³-hybridized carbons (Fsp3) is 0.312. The molecule has 0 bridgehead atoms. The van der Waals surface area contributed by atoms with E-state index in [0.29, 0.717) is 22.5 Å². The van der Waals surface area contributed by atoms with Crippen LogP contribution in [0.3, 0.4) is 0 Å². The molecule has 21 heavy (non-hydrogen) atoms. The summed E-state index contributed by atoms with van der Waals surface area (Å²) in [5.41, 5.74) is 2.06. The van der Waals surface area contributed by atoms with Crippen LogP contribution in [0.25, 0.3) is 0 Å². The van der Waals surface area contributed by atoms with Crippen LogP contribution in [-0.4, -0.2) is 34.6 Å². The molecule has 3 nitrogen and oxygen atoms in total. The number of hydrogen-bond acceptors (Lipinski definition) is 3. The third-order valence-corrected chi connectivity index (χ3v) is 4.61. The van der Waals surface area contributed by atoms with E-state index in [-0.39, 0.29) is 0 Å². The molecular formula is C16H16Cl2N2O. The first kappa shape index (κ1) is 14.8. The van der Waals surface area contributed by atoms with Gasteiger partial charge in [0.05, 0.1) is 16.1 Å². The molecule has 0 unspecified atom stereocenters. The van der Waals surface area contributed by atoms with Gasteiger partial charge in [0.1, 0.15) is 0 Å². The van der Waals surface area contributed by atoms with Gasteiger partial charge >= 0.3 is 0 Å². The third-order valence-electron chi connectivity index (χ3n) is 3.87. The lowest BCUT2D eigenvalue weighted by Crippen LogP contribution is -2.46. The highest BCUT2D eigenvalue weighted by Gasteiger charge is 2.29. The second-order valence-electron chi connectivity index (χ2n) is 5.39. The minimum atomic E-state index is -0.492. The van der Waals surface area contributed by atoms with Crippen molar-refractivity contribution in [3.8, 4) is 0 Å². The van der Waals surface area contributed by atoms with Crippen LogP contribution in [0.1, 0.15) is 23.1 Å². The molecule has 2 heterocycles. The molecular weight excluding hydrogens is 307 g/mol. The van der Waals surface area contributed by atoms with Gasteiger partial charge in [0, 0.05) is 43.5 Å². The van der Waals surface area contributed by atoms with E-state index < -0.39 is 6.10 Å². The van der Waals surface area contributed by atoms with Gasteiger partial charge in [-0.3, -0.25) is 9.88 Å². The van der Waals surface area contributed by atoms with E-state index in [2.05, 4.69) is 9.88 Å². The van der Waals surface area contributed by atoms with Crippen molar-refractivity contribution < 1.29 is 5.11 Å². The molecule has 3 rings (SSSR count). The topological polar surface area (TPSA) is 36.4 Å². The van der Waals surface area contributed by atoms with Gasteiger partial charge in [-0.05, 0) is 23.8 Å². The van der Waals surface area contributed by atoms with Crippen LogP contribution in [0.4, 0.5) is 0 Å². The van der Waals surface area contributed by atoms with Crippen molar-refractivity contribution in [2.24, 2.45) is 0 Å². The maximum Gasteiger partial charge on any atom is 0.0931 e. The average molecular weight is 323 g/mol. The predicted octanol–water partition coefficient (Wildman–Crippen LogP) is 3.52. The summed E-state index contributed by atoms with van der Waals surface area (Å²) in [5, 5.41) is 11.4. The second kappa shape index (κ2) is 6.32. The Kier molecular flexibility index (Phi) is 4.45. The summed E-state index contributed by atoms with van der Waals surface area (Å²) in [6.45, 7) is 2.48. The van der Waals surface area contributed by atoms with Gasteiger partial charge in [-0.1, -0.05) is 35.3 Å². The van der Waals surface area contributed by atoms with E-state index in [0.717, 1.165) is 18.7 Å². The Morgan fingerprint density at radius 3 is 2.71 bits per heavy atom. The lowest BCUT2D eigenvalue weighted by molar-refractivity contribution is 0.0644. The SMILES string of the molecule is O[C@@H](CN1CC(c2ccc(Cl)c(Cl)c2)C1)c1cccnc1. The van der Waals surface area contributed by atoms with Crippen LogP contribution in [0.2, 0.25) is 10.0 Å². The highest BCUT2D eigenvalue weighted by atomic mass is 35.5. The number of aromatic nitrogens is 1. The highest BCUT2D eigenvalue weighted by Crippen LogP contribution is 2.32. The highest BCUT2D eigenvalue weighted by molar-refractivity contribution is 6.42. The Hall–Kier alpha value is -1.13. The van der Waals surface area contributed by atoms with Crippen molar-refractivity contribution in [1.82, 2.24) is 9.88 Å². The Balaban J connectivity index is 1.55. The van der Waals surface area contributed by atoms with Gasteiger partial charge in [-0.2, -0.15) is 0 Å². The lowest BCUT2D eigenvalue weighted by Gasteiger charge is -2.40. The number of halogens is 2. The van der Waals surface area contributed by atoms with Crippen LogP contribution in [0.15, 0.2) is 42.7 Å². The number of likely N-dealkylation sites (tertiary alicyclic amines) is 1. The number of pyridine rings is 1. The maximum atomic E-state index is 10.2. The minimum absolute atomic E-state index is 0.459. The molecule has 1 atom stereocenters. The summed E-state index contributed by atoms with van der Waals surface area (Å²) in [4.78, 5) is 6.26. The smallest absolute Gasteiger partial charge is 0.0931 e. The molecule has 1 fully saturated rings. The Bertz CT molecular complexity index is 615. The van der Waals surface area contributed by atoms with Crippen LogP contribution >= 0.6 is 23.2 Å². The van der Waals surface area contributed by atoms with Crippen LogP contribution in [-0.2, 0) is 0 Å². The normalized spacial score (nSPS) is 17.5. The summed E-state index contributed by atoms with van der Waals surface area (Å²) in [5.74, 6) is 0.459. The molecule has 0 saturated carbocycles.